The minimum atomic E-state index is -0.0950. The topological polar surface area (TPSA) is 77.2 Å². The van der Waals surface area contributed by atoms with Gasteiger partial charge in [0.15, 0.2) is 0 Å². The van der Waals surface area contributed by atoms with Crippen LogP contribution in [-0.2, 0) is 11.8 Å². The molecule has 8 heteroatoms. The molecule has 8 nitrogen and oxygen atoms in total. The van der Waals surface area contributed by atoms with Gasteiger partial charge in [-0.05, 0) is 25.1 Å². The van der Waals surface area contributed by atoms with Gasteiger partial charge in [-0.2, -0.15) is 0 Å². The first-order valence-corrected chi connectivity index (χ1v) is 9.18. The van der Waals surface area contributed by atoms with Gasteiger partial charge in [0, 0.05) is 50.7 Å². The summed E-state index contributed by atoms with van der Waals surface area (Å²) in [6.45, 7) is 5.66. The van der Waals surface area contributed by atoms with E-state index in [9.17, 15) is 4.79 Å². The van der Waals surface area contributed by atoms with Gasteiger partial charge in [-0.3, -0.25) is 4.79 Å². The third-order valence-corrected chi connectivity index (χ3v) is 5.01. The number of morpholine rings is 1. The van der Waals surface area contributed by atoms with Crippen LogP contribution in [0, 0.1) is 0 Å². The van der Waals surface area contributed by atoms with E-state index in [-0.39, 0.29) is 11.9 Å². The molecule has 1 saturated heterocycles. The number of nitrogens with one attached hydrogen (secondary N) is 1. The van der Waals surface area contributed by atoms with Crippen molar-refractivity contribution in [1.82, 2.24) is 24.4 Å². The monoisotopic (exact) mass is 368 g/mol. The highest BCUT2D eigenvalue weighted by Crippen LogP contribution is 2.23. The van der Waals surface area contributed by atoms with Crippen LogP contribution in [0.4, 0.5) is 5.95 Å². The van der Waals surface area contributed by atoms with E-state index in [1.165, 1.54) is 0 Å². The lowest BCUT2D eigenvalue weighted by Crippen LogP contribution is -2.37. The summed E-state index contributed by atoms with van der Waals surface area (Å²) in [7, 11) is 2.01. The summed E-state index contributed by atoms with van der Waals surface area (Å²) < 4.78 is 9.46. The Morgan fingerprint density at radius 1 is 1.33 bits per heavy atom. The van der Waals surface area contributed by atoms with E-state index in [1.54, 1.807) is 12.5 Å². The van der Waals surface area contributed by atoms with Crippen molar-refractivity contribution in [2.24, 2.45) is 7.05 Å². The molecule has 27 heavy (non-hydrogen) atoms. The van der Waals surface area contributed by atoms with Gasteiger partial charge in [-0.25, -0.2) is 9.97 Å². The van der Waals surface area contributed by atoms with Gasteiger partial charge >= 0.3 is 0 Å². The number of aryl methyl sites for hydroxylation is 1. The van der Waals surface area contributed by atoms with E-state index in [2.05, 4.69) is 19.8 Å². The van der Waals surface area contributed by atoms with E-state index >= 15 is 0 Å². The standard InChI is InChI=1S/C19H24N6O2/c1-14(25-6-5-20-13-25)12-21-18(26)15-3-4-17-16(11-15)22-19(23(17)2)24-7-9-27-10-8-24/h3-6,11,13-14H,7-10,12H2,1-2H3,(H,21,26). The van der Waals surface area contributed by atoms with E-state index in [1.807, 2.05) is 42.9 Å². The van der Waals surface area contributed by atoms with E-state index < -0.39 is 0 Å². The Morgan fingerprint density at radius 2 is 2.15 bits per heavy atom. The number of imidazole rings is 2. The van der Waals surface area contributed by atoms with E-state index in [0.29, 0.717) is 25.3 Å². The Kier molecular flexibility index (Phi) is 4.81. The lowest BCUT2D eigenvalue weighted by Gasteiger charge is -2.27. The molecule has 3 heterocycles. The molecule has 0 spiro atoms. The molecule has 0 bridgehead atoms. The van der Waals surface area contributed by atoms with Gasteiger partial charge in [-0.1, -0.05) is 0 Å². The molecule has 0 aliphatic carbocycles. The second-order valence-corrected chi connectivity index (χ2v) is 6.84. The molecule has 2 aromatic heterocycles. The number of benzene rings is 1. The molecular formula is C19H24N6O2. The first-order chi connectivity index (χ1) is 13.1. The zero-order valence-corrected chi connectivity index (χ0v) is 15.6. The largest absolute Gasteiger partial charge is 0.378 e. The average molecular weight is 368 g/mol. The maximum Gasteiger partial charge on any atom is 0.251 e. The molecule has 1 aliphatic heterocycles. The van der Waals surface area contributed by atoms with Crippen molar-refractivity contribution in [3.05, 3.63) is 42.5 Å². The molecule has 3 aromatic rings. The summed E-state index contributed by atoms with van der Waals surface area (Å²) in [6.07, 6.45) is 5.38. The molecule has 142 valence electrons. The summed E-state index contributed by atoms with van der Waals surface area (Å²) in [5.41, 5.74) is 2.46. The number of anilines is 1. The molecule has 0 radical (unpaired) electrons. The SMILES string of the molecule is CC(CNC(=O)c1ccc2c(c1)nc(N1CCOCC1)n2C)n1ccnc1. The van der Waals surface area contributed by atoms with Crippen molar-refractivity contribution in [3.63, 3.8) is 0 Å². The molecule has 1 aromatic carbocycles. The van der Waals surface area contributed by atoms with Crippen molar-refractivity contribution in [2.45, 2.75) is 13.0 Å². The van der Waals surface area contributed by atoms with Crippen molar-refractivity contribution < 1.29 is 9.53 Å². The number of nitrogens with zero attached hydrogens (tertiary/aromatic N) is 5. The van der Waals surface area contributed by atoms with Crippen molar-refractivity contribution in [2.75, 3.05) is 37.7 Å². The second-order valence-electron chi connectivity index (χ2n) is 6.84. The van der Waals surface area contributed by atoms with Crippen LogP contribution < -0.4 is 10.2 Å². The smallest absolute Gasteiger partial charge is 0.251 e. The van der Waals surface area contributed by atoms with E-state index in [0.717, 1.165) is 30.1 Å². The fraction of sp³-hybridized carbons (Fsp3) is 0.421. The molecule has 1 atom stereocenters. The second kappa shape index (κ2) is 7.40. The maximum absolute atomic E-state index is 12.6. The number of aromatic nitrogens is 4. The van der Waals surface area contributed by atoms with Crippen LogP contribution in [0.25, 0.3) is 11.0 Å². The van der Waals surface area contributed by atoms with E-state index in [4.69, 9.17) is 9.72 Å². The first kappa shape index (κ1) is 17.5. The van der Waals surface area contributed by atoms with Gasteiger partial charge < -0.3 is 24.1 Å². The van der Waals surface area contributed by atoms with Crippen LogP contribution in [0.2, 0.25) is 0 Å². The fourth-order valence-corrected chi connectivity index (χ4v) is 3.35. The minimum Gasteiger partial charge on any atom is -0.378 e. The number of ether oxygens (including phenoxy) is 1. The van der Waals surface area contributed by atoms with Crippen LogP contribution in [0.3, 0.4) is 0 Å². The quantitative estimate of drug-likeness (QED) is 0.740. The lowest BCUT2D eigenvalue weighted by atomic mass is 10.2. The minimum absolute atomic E-state index is 0.0950. The molecule has 1 aliphatic rings. The Bertz CT molecular complexity index is 927. The molecular weight excluding hydrogens is 344 g/mol. The summed E-state index contributed by atoms with van der Waals surface area (Å²) in [5, 5.41) is 2.99. The molecule has 1 unspecified atom stereocenters. The van der Waals surface area contributed by atoms with Gasteiger partial charge in [-0.15, -0.1) is 0 Å². The summed E-state index contributed by atoms with van der Waals surface area (Å²) in [4.78, 5) is 23.6. The number of hydrogen-bond acceptors (Lipinski definition) is 5. The van der Waals surface area contributed by atoms with Gasteiger partial charge in [0.05, 0.1) is 30.6 Å². The Labute approximate surface area is 157 Å². The van der Waals surface area contributed by atoms with Gasteiger partial charge in [0.1, 0.15) is 0 Å². The van der Waals surface area contributed by atoms with Crippen molar-refractivity contribution in [1.29, 1.82) is 0 Å². The maximum atomic E-state index is 12.6. The summed E-state index contributed by atoms with van der Waals surface area (Å²) in [5.74, 6) is 0.821. The fourth-order valence-electron chi connectivity index (χ4n) is 3.35. The lowest BCUT2D eigenvalue weighted by molar-refractivity contribution is 0.0948. The number of fused-ring (bicyclic) bond motifs is 1. The van der Waals surface area contributed by atoms with Crippen LogP contribution >= 0.6 is 0 Å². The summed E-state index contributed by atoms with van der Waals surface area (Å²) >= 11 is 0. The van der Waals surface area contributed by atoms with Crippen LogP contribution in [0.1, 0.15) is 23.3 Å². The highest BCUT2D eigenvalue weighted by Gasteiger charge is 2.18. The van der Waals surface area contributed by atoms with Crippen molar-refractivity contribution >= 4 is 22.9 Å². The molecule has 1 fully saturated rings. The zero-order chi connectivity index (χ0) is 18.8. The van der Waals surface area contributed by atoms with Crippen LogP contribution in [-0.4, -0.2) is 57.9 Å². The molecule has 1 amide bonds. The normalized spacial score (nSPS) is 15.9. The Morgan fingerprint density at radius 3 is 2.89 bits per heavy atom. The number of hydrogen-bond donors (Lipinski definition) is 1. The van der Waals surface area contributed by atoms with Crippen LogP contribution in [0.5, 0.6) is 0 Å². The molecule has 1 N–H and O–H groups in total. The first-order valence-electron chi connectivity index (χ1n) is 9.18. The average Bonchev–Trinajstić information content (AvgIpc) is 3.35. The van der Waals surface area contributed by atoms with Crippen molar-refractivity contribution in [3.8, 4) is 0 Å². The number of rotatable bonds is 5. The highest BCUT2D eigenvalue weighted by atomic mass is 16.5. The third kappa shape index (κ3) is 3.52. The van der Waals surface area contributed by atoms with Gasteiger partial charge in [0.2, 0.25) is 5.95 Å². The van der Waals surface area contributed by atoms with Gasteiger partial charge in [0.25, 0.3) is 5.91 Å². The van der Waals surface area contributed by atoms with Crippen LogP contribution in [0.15, 0.2) is 36.9 Å². The predicted octanol–water partition coefficient (Wildman–Crippen LogP) is 1.60. The molecule has 4 rings (SSSR count). The predicted molar refractivity (Wildman–Crippen MR) is 103 cm³/mol. The number of carbonyl (C=O) groups excluding carboxylic acids is 1. The third-order valence-electron chi connectivity index (χ3n) is 5.01. The summed E-state index contributed by atoms with van der Waals surface area (Å²) in [6, 6.07) is 5.81. The number of amides is 1. The molecule has 0 saturated carbocycles. The Balaban J connectivity index is 1.49. The highest BCUT2D eigenvalue weighted by molar-refractivity contribution is 5.97. The zero-order valence-electron chi connectivity index (χ0n) is 15.6. The number of carbonyl (C=O) groups is 1. The Hall–Kier alpha value is -2.87.